The molecule has 3 heterocycles. The summed E-state index contributed by atoms with van der Waals surface area (Å²) in [6.45, 7) is 5.20. The number of benzene rings is 1. The molecule has 1 aromatic carbocycles. The summed E-state index contributed by atoms with van der Waals surface area (Å²) in [6, 6.07) is 13.0. The van der Waals surface area contributed by atoms with Crippen molar-refractivity contribution in [3.63, 3.8) is 0 Å². The summed E-state index contributed by atoms with van der Waals surface area (Å²) in [4.78, 5) is 7.21. The van der Waals surface area contributed by atoms with Crippen molar-refractivity contribution in [1.29, 1.82) is 0 Å². The predicted octanol–water partition coefficient (Wildman–Crippen LogP) is 4.19. The second-order valence-corrected chi connectivity index (χ2v) is 6.66. The third-order valence-corrected chi connectivity index (χ3v) is 5.39. The molecule has 1 unspecified atom stereocenters. The molecule has 23 heavy (non-hydrogen) atoms. The lowest BCUT2D eigenvalue weighted by Gasteiger charge is -2.38. The van der Waals surface area contributed by atoms with Gasteiger partial charge in [-0.1, -0.05) is 37.6 Å². The molecule has 0 amide bonds. The van der Waals surface area contributed by atoms with Gasteiger partial charge < -0.3 is 4.74 Å². The normalized spacial score (nSPS) is 21.9. The summed E-state index contributed by atoms with van der Waals surface area (Å²) >= 11 is 0. The quantitative estimate of drug-likeness (QED) is 0.832. The fraction of sp³-hybridized carbons (Fsp3) is 0.450. The summed E-state index contributed by atoms with van der Waals surface area (Å²) in [5, 5.41) is 0. The van der Waals surface area contributed by atoms with E-state index in [1.807, 2.05) is 6.20 Å². The highest BCUT2D eigenvalue weighted by atomic mass is 16.5. The molecule has 0 aliphatic carbocycles. The molecule has 0 spiro atoms. The van der Waals surface area contributed by atoms with Crippen LogP contribution in [0.1, 0.15) is 49.0 Å². The summed E-state index contributed by atoms with van der Waals surface area (Å²) < 4.78 is 6.05. The molecule has 1 fully saturated rings. The van der Waals surface area contributed by atoms with Gasteiger partial charge in [0.25, 0.3) is 0 Å². The minimum Gasteiger partial charge on any atom is -0.487 e. The van der Waals surface area contributed by atoms with E-state index in [9.17, 15) is 0 Å². The van der Waals surface area contributed by atoms with E-state index in [-0.39, 0.29) is 6.04 Å². The van der Waals surface area contributed by atoms with Gasteiger partial charge in [-0.3, -0.25) is 9.88 Å². The number of para-hydroxylation sites is 1. The zero-order valence-corrected chi connectivity index (χ0v) is 13.7. The maximum atomic E-state index is 6.05. The zero-order chi connectivity index (χ0) is 15.6. The summed E-state index contributed by atoms with van der Waals surface area (Å²) in [7, 11) is 0. The van der Waals surface area contributed by atoms with Gasteiger partial charge in [-0.05, 0) is 49.5 Å². The van der Waals surface area contributed by atoms with Crippen LogP contribution in [0, 0.1) is 5.92 Å². The third-order valence-electron chi connectivity index (χ3n) is 5.39. The SMILES string of the molecule is CCC1CCN(C2c3ccccc3OCc3ncccc32)CC1. The van der Waals surface area contributed by atoms with Gasteiger partial charge in [-0.25, -0.2) is 0 Å². The Morgan fingerprint density at radius 1 is 1.09 bits per heavy atom. The molecule has 2 aliphatic rings. The van der Waals surface area contributed by atoms with E-state index in [1.54, 1.807) is 0 Å². The lowest BCUT2D eigenvalue weighted by Crippen LogP contribution is -2.37. The molecule has 3 heteroatoms. The number of nitrogens with zero attached hydrogens (tertiary/aromatic N) is 2. The molecule has 2 aromatic rings. The number of fused-ring (bicyclic) bond motifs is 2. The van der Waals surface area contributed by atoms with Crippen molar-refractivity contribution in [2.75, 3.05) is 13.1 Å². The molecule has 0 bridgehead atoms. The van der Waals surface area contributed by atoms with Crippen LogP contribution in [0.15, 0.2) is 42.6 Å². The molecule has 120 valence electrons. The van der Waals surface area contributed by atoms with Crippen LogP contribution in [0.4, 0.5) is 0 Å². The number of piperidine rings is 1. The van der Waals surface area contributed by atoms with Gasteiger partial charge in [-0.2, -0.15) is 0 Å². The highest BCUT2D eigenvalue weighted by Gasteiger charge is 2.32. The molecular formula is C20H24N2O. The molecule has 1 atom stereocenters. The van der Waals surface area contributed by atoms with E-state index in [0.29, 0.717) is 6.61 Å². The minimum atomic E-state index is 0.273. The molecule has 0 saturated carbocycles. The van der Waals surface area contributed by atoms with Crippen LogP contribution in [-0.2, 0) is 6.61 Å². The molecule has 0 N–H and O–H groups in total. The molecule has 0 radical (unpaired) electrons. The first-order chi connectivity index (χ1) is 11.4. The Balaban J connectivity index is 1.75. The largest absolute Gasteiger partial charge is 0.487 e. The summed E-state index contributed by atoms with van der Waals surface area (Å²) in [5.41, 5.74) is 3.67. The van der Waals surface area contributed by atoms with E-state index < -0.39 is 0 Å². The first-order valence-electron chi connectivity index (χ1n) is 8.76. The highest BCUT2D eigenvalue weighted by molar-refractivity contribution is 5.44. The molecule has 1 saturated heterocycles. The van der Waals surface area contributed by atoms with Crippen LogP contribution in [0.2, 0.25) is 0 Å². The molecule has 1 aromatic heterocycles. The van der Waals surface area contributed by atoms with E-state index in [4.69, 9.17) is 4.74 Å². The number of rotatable bonds is 2. The topological polar surface area (TPSA) is 25.4 Å². The number of aromatic nitrogens is 1. The second kappa shape index (κ2) is 6.32. The van der Waals surface area contributed by atoms with Gasteiger partial charge >= 0.3 is 0 Å². The molecule has 2 aliphatic heterocycles. The van der Waals surface area contributed by atoms with E-state index >= 15 is 0 Å². The van der Waals surface area contributed by atoms with Gasteiger partial charge in [0.15, 0.2) is 0 Å². The van der Waals surface area contributed by atoms with Crippen LogP contribution in [0.25, 0.3) is 0 Å². The van der Waals surface area contributed by atoms with E-state index in [1.165, 1.54) is 30.4 Å². The average molecular weight is 308 g/mol. The first kappa shape index (κ1) is 14.7. The van der Waals surface area contributed by atoms with Crippen LogP contribution in [0.5, 0.6) is 5.75 Å². The summed E-state index contributed by atoms with van der Waals surface area (Å²) in [6.07, 6.45) is 5.77. The number of pyridine rings is 1. The number of ether oxygens (including phenoxy) is 1. The van der Waals surface area contributed by atoms with E-state index in [0.717, 1.165) is 30.5 Å². The minimum absolute atomic E-state index is 0.273. The zero-order valence-electron chi connectivity index (χ0n) is 13.7. The van der Waals surface area contributed by atoms with Crippen molar-refractivity contribution in [2.24, 2.45) is 5.92 Å². The maximum absolute atomic E-state index is 6.05. The van der Waals surface area contributed by atoms with Crippen LogP contribution in [-0.4, -0.2) is 23.0 Å². The van der Waals surface area contributed by atoms with Crippen molar-refractivity contribution in [3.8, 4) is 5.75 Å². The maximum Gasteiger partial charge on any atom is 0.131 e. The molecule has 3 nitrogen and oxygen atoms in total. The Hall–Kier alpha value is -1.87. The first-order valence-corrected chi connectivity index (χ1v) is 8.76. The third kappa shape index (κ3) is 2.74. The van der Waals surface area contributed by atoms with Crippen molar-refractivity contribution in [2.45, 2.75) is 38.8 Å². The lowest BCUT2D eigenvalue weighted by atomic mass is 9.89. The Morgan fingerprint density at radius 2 is 1.87 bits per heavy atom. The molecular weight excluding hydrogens is 284 g/mol. The average Bonchev–Trinajstić information content (AvgIpc) is 2.79. The van der Waals surface area contributed by atoms with Gasteiger partial charge in [0, 0.05) is 11.8 Å². The number of likely N-dealkylation sites (tertiary alicyclic amines) is 1. The second-order valence-electron chi connectivity index (χ2n) is 6.66. The van der Waals surface area contributed by atoms with Crippen LogP contribution >= 0.6 is 0 Å². The number of hydrogen-bond acceptors (Lipinski definition) is 3. The van der Waals surface area contributed by atoms with Gasteiger partial charge in [-0.15, -0.1) is 0 Å². The van der Waals surface area contributed by atoms with Gasteiger partial charge in [0.2, 0.25) is 0 Å². The fourth-order valence-corrected chi connectivity index (χ4v) is 3.98. The summed E-state index contributed by atoms with van der Waals surface area (Å²) in [5.74, 6) is 1.89. The van der Waals surface area contributed by atoms with Gasteiger partial charge in [0.05, 0.1) is 11.7 Å². The Morgan fingerprint density at radius 3 is 2.70 bits per heavy atom. The van der Waals surface area contributed by atoms with Crippen molar-refractivity contribution in [1.82, 2.24) is 9.88 Å². The van der Waals surface area contributed by atoms with Crippen LogP contribution < -0.4 is 4.74 Å². The molecule has 4 rings (SSSR count). The van der Waals surface area contributed by atoms with Gasteiger partial charge in [0.1, 0.15) is 12.4 Å². The van der Waals surface area contributed by atoms with Crippen molar-refractivity contribution in [3.05, 3.63) is 59.4 Å². The lowest BCUT2D eigenvalue weighted by molar-refractivity contribution is 0.148. The number of hydrogen-bond donors (Lipinski definition) is 0. The van der Waals surface area contributed by atoms with Crippen molar-refractivity contribution < 1.29 is 4.74 Å². The van der Waals surface area contributed by atoms with E-state index in [2.05, 4.69) is 53.2 Å². The predicted molar refractivity (Wildman–Crippen MR) is 91.4 cm³/mol. The monoisotopic (exact) mass is 308 g/mol. The Kier molecular flexibility index (Phi) is 4.04. The smallest absolute Gasteiger partial charge is 0.131 e. The fourth-order valence-electron chi connectivity index (χ4n) is 3.98. The Bertz CT molecular complexity index is 629. The van der Waals surface area contributed by atoms with Crippen molar-refractivity contribution >= 4 is 0 Å². The van der Waals surface area contributed by atoms with Crippen LogP contribution in [0.3, 0.4) is 0 Å². The highest BCUT2D eigenvalue weighted by Crippen LogP contribution is 2.40. The standard InChI is InChI=1S/C20H24N2O/c1-2-15-9-12-22(13-10-15)20-16-7-5-11-21-18(16)14-23-19-8-4-3-6-17(19)20/h3-8,11,15,20H,2,9-10,12-14H2,1H3. The Labute approximate surface area is 138 Å².